The number of aromatic nitrogens is 6. The third-order valence-electron chi connectivity index (χ3n) is 9.00. The standard InChI is InChI=1S/C35H41N9O4/c1-27(15-16-36)44-34(45)42(26-39-44)31-9-7-29(8-10-31)40-19-21-41(22-20-40)30-11-13-32(14-12-30)46-23-33-24-47-35(48-33,25-43-37-17-18-38-43)28-5-3-2-4-6-28/h2-14,17-18,26-27,33H,15-16,19-25,36H2,1H3/t27?,33-,35-/m1/s1. The average molecular weight is 652 g/mol. The van der Waals surface area contributed by atoms with Gasteiger partial charge in [0.05, 0.1) is 30.7 Å². The van der Waals surface area contributed by atoms with E-state index in [2.05, 4.69) is 49.4 Å². The second-order valence-corrected chi connectivity index (χ2v) is 12.2. The molecule has 3 aromatic carbocycles. The molecule has 13 nitrogen and oxygen atoms in total. The quantitative estimate of drug-likeness (QED) is 0.215. The average Bonchev–Trinajstić information content (AvgIpc) is 3.90. The Hall–Kier alpha value is -4.98. The fraction of sp³-hybridized carbons (Fsp3) is 0.371. The van der Waals surface area contributed by atoms with E-state index in [4.69, 9.17) is 19.9 Å². The number of piperazine rings is 1. The van der Waals surface area contributed by atoms with E-state index in [1.807, 2.05) is 61.5 Å². The van der Waals surface area contributed by atoms with E-state index in [0.717, 1.165) is 54.6 Å². The number of hydrogen-bond donors (Lipinski definition) is 1. The first kappa shape index (κ1) is 31.6. The van der Waals surface area contributed by atoms with Crippen LogP contribution in [0.1, 0.15) is 24.9 Å². The molecule has 1 unspecified atom stereocenters. The summed E-state index contributed by atoms with van der Waals surface area (Å²) in [7, 11) is 0. The summed E-state index contributed by atoms with van der Waals surface area (Å²) < 4.78 is 21.9. The fourth-order valence-corrected chi connectivity index (χ4v) is 6.32. The van der Waals surface area contributed by atoms with Crippen LogP contribution < -0.4 is 26.0 Å². The van der Waals surface area contributed by atoms with Gasteiger partial charge in [-0.2, -0.15) is 20.1 Å². The molecule has 5 aromatic rings. The number of benzene rings is 3. The molecule has 7 rings (SSSR count). The van der Waals surface area contributed by atoms with Gasteiger partial charge in [-0.1, -0.05) is 30.3 Å². The Bertz CT molecular complexity index is 1800. The van der Waals surface area contributed by atoms with Crippen LogP contribution in [0.15, 0.2) is 102 Å². The number of nitrogens with two attached hydrogens (primary N) is 1. The molecule has 0 saturated carbocycles. The topological polar surface area (TPSA) is 131 Å². The number of nitrogens with zero attached hydrogens (tertiary/aromatic N) is 8. The van der Waals surface area contributed by atoms with Gasteiger partial charge in [-0.3, -0.25) is 0 Å². The van der Waals surface area contributed by atoms with Crippen LogP contribution in [0.25, 0.3) is 5.69 Å². The number of ether oxygens (including phenoxy) is 3. The smallest absolute Gasteiger partial charge is 0.350 e. The lowest BCUT2D eigenvalue weighted by molar-refractivity contribution is -0.192. The van der Waals surface area contributed by atoms with E-state index in [-0.39, 0.29) is 17.8 Å². The normalized spacial score (nSPS) is 20.2. The first-order valence-corrected chi connectivity index (χ1v) is 16.4. The van der Waals surface area contributed by atoms with Crippen LogP contribution in [0.5, 0.6) is 5.75 Å². The molecular formula is C35H41N9O4. The highest BCUT2D eigenvalue weighted by atomic mass is 16.8. The minimum Gasteiger partial charge on any atom is -0.491 e. The summed E-state index contributed by atoms with van der Waals surface area (Å²) in [5.41, 5.74) is 9.52. The number of hydrogen-bond acceptors (Lipinski definition) is 10. The highest BCUT2D eigenvalue weighted by Crippen LogP contribution is 2.36. The summed E-state index contributed by atoms with van der Waals surface area (Å²) in [5, 5.41) is 12.8. The molecule has 48 heavy (non-hydrogen) atoms. The van der Waals surface area contributed by atoms with Gasteiger partial charge in [0.15, 0.2) is 0 Å². The van der Waals surface area contributed by atoms with E-state index in [1.54, 1.807) is 28.1 Å². The van der Waals surface area contributed by atoms with Crippen LogP contribution in [0.2, 0.25) is 0 Å². The van der Waals surface area contributed by atoms with Crippen LogP contribution in [-0.4, -0.2) is 81.4 Å². The molecule has 0 radical (unpaired) electrons. The Morgan fingerprint density at radius 1 is 0.875 bits per heavy atom. The summed E-state index contributed by atoms with van der Waals surface area (Å²) >= 11 is 0. The van der Waals surface area contributed by atoms with Gasteiger partial charge in [0, 0.05) is 43.1 Å². The molecule has 0 bridgehead atoms. The van der Waals surface area contributed by atoms with Crippen LogP contribution >= 0.6 is 0 Å². The van der Waals surface area contributed by atoms with Crippen molar-refractivity contribution in [3.8, 4) is 11.4 Å². The maximum atomic E-state index is 12.9. The summed E-state index contributed by atoms with van der Waals surface area (Å²) in [6.07, 6.45) is 5.33. The largest absolute Gasteiger partial charge is 0.491 e. The van der Waals surface area contributed by atoms with Crippen molar-refractivity contribution in [3.63, 3.8) is 0 Å². The summed E-state index contributed by atoms with van der Waals surface area (Å²) in [6.45, 7) is 7.15. The molecule has 0 aliphatic carbocycles. The molecule has 3 atom stereocenters. The molecule has 2 aromatic heterocycles. The zero-order chi connectivity index (χ0) is 32.9. The minimum atomic E-state index is -0.977. The van der Waals surface area contributed by atoms with E-state index >= 15 is 0 Å². The molecule has 2 fully saturated rings. The van der Waals surface area contributed by atoms with Crippen LogP contribution in [-0.2, 0) is 21.8 Å². The third kappa shape index (κ3) is 6.70. The van der Waals surface area contributed by atoms with Crippen molar-refractivity contribution in [1.82, 2.24) is 29.3 Å². The van der Waals surface area contributed by atoms with Crippen molar-refractivity contribution in [2.45, 2.75) is 37.8 Å². The highest BCUT2D eigenvalue weighted by molar-refractivity contribution is 5.54. The fourth-order valence-electron chi connectivity index (χ4n) is 6.32. The van der Waals surface area contributed by atoms with Crippen molar-refractivity contribution in [3.05, 3.63) is 114 Å². The monoisotopic (exact) mass is 651 g/mol. The molecule has 13 heteroatoms. The van der Waals surface area contributed by atoms with Crippen molar-refractivity contribution in [1.29, 1.82) is 0 Å². The molecular weight excluding hydrogens is 610 g/mol. The maximum absolute atomic E-state index is 12.9. The Labute approximate surface area is 279 Å². The van der Waals surface area contributed by atoms with Gasteiger partial charge < -0.3 is 29.7 Å². The highest BCUT2D eigenvalue weighted by Gasteiger charge is 2.44. The first-order chi connectivity index (χ1) is 23.5. The predicted molar refractivity (Wildman–Crippen MR) is 182 cm³/mol. The third-order valence-corrected chi connectivity index (χ3v) is 9.00. The molecule has 2 N–H and O–H groups in total. The SMILES string of the molecule is CC(CCN)n1ncn(-c2ccc(N3CCN(c4ccc(OC[C@@H]5CO[C@@](Cn6nccn6)(c6ccccc6)O5)cc4)CC3)cc2)c1=O. The Morgan fingerprint density at radius 3 is 2.15 bits per heavy atom. The second-order valence-electron chi connectivity index (χ2n) is 12.2. The van der Waals surface area contributed by atoms with E-state index in [0.29, 0.717) is 32.7 Å². The van der Waals surface area contributed by atoms with Gasteiger partial charge in [-0.25, -0.2) is 14.0 Å². The number of rotatable bonds is 12. The van der Waals surface area contributed by atoms with Gasteiger partial charge in [0.1, 0.15) is 31.3 Å². The lowest BCUT2D eigenvalue weighted by Gasteiger charge is -2.37. The van der Waals surface area contributed by atoms with Crippen molar-refractivity contribution in [2.75, 3.05) is 55.7 Å². The molecule has 2 aliphatic heterocycles. The summed E-state index contributed by atoms with van der Waals surface area (Å²) in [5.74, 6) is -0.194. The molecule has 4 heterocycles. The zero-order valence-electron chi connectivity index (χ0n) is 27.0. The lowest BCUT2D eigenvalue weighted by Crippen LogP contribution is -2.46. The van der Waals surface area contributed by atoms with Gasteiger partial charge in [-0.15, -0.1) is 0 Å². The Kier molecular flexibility index (Phi) is 9.23. The van der Waals surface area contributed by atoms with Gasteiger partial charge >= 0.3 is 5.69 Å². The van der Waals surface area contributed by atoms with Gasteiger partial charge in [-0.05, 0) is 68.4 Å². The molecule has 0 amide bonds. The molecule has 0 spiro atoms. The van der Waals surface area contributed by atoms with Crippen molar-refractivity contribution < 1.29 is 14.2 Å². The predicted octanol–water partition coefficient (Wildman–Crippen LogP) is 3.21. The molecule has 2 saturated heterocycles. The van der Waals surface area contributed by atoms with Crippen LogP contribution in [0.3, 0.4) is 0 Å². The Morgan fingerprint density at radius 2 is 1.50 bits per heavy atom. The Balaban J connectivity index is 0.909. The lowest BCUT2D eigenvalue weighted by atomic mass is 10.1. The molecule has 2 aliphatic rings. The van der Waals surface area contributed by atoms with Crippen molar-refractivity contribution >= 4 is 11.4 Å². The zero-order valence-corrected chi connectivity index (χ0v) is 27.0. The van der Waals surface area contributed by atoms with E-state index < -0.39 is 5.79 Å². The van der Waals surface area contributed by atoms with Crippen LogP contribution in [0.4, 0.5) is 11.4 Å². The molecule has 250 valence electrons. The summed E-state index contributed by atoms with van der Waals surface area (Å²) in [6, 6.07) is 26.2. The van der Waals surface area contributed by atoms with Crippen LogP contribution in [0, 0.1) is 0 Å². The maximum Gasteiger partial charge on any atom is 0.350 e. The van der Waals surface area contributed by atoms with Gasteiger partial charge in [0.25, 0.3) is 0 Å². The summed E-state index contributed by atoms with van der Waals surface area (Å²) in [4.78, 5) is 19.2. The minimum absolute atomic E-state index is 0.0390. The van der Waals surface area contributed by atoms with Crippen molar-refractivity contribution in [2.24, 2.45) is 5.73 Å². The number of anilines is 2. The first-order valence-electron chi connectivity index (χ1n) is 16.4. The van der Waals surface area contributed by atoms with E-state index in [1.165, 1.54) is 4.68 Å². The van der Waals surface area contributed by atoms with E-state index in [9.17, 15) is 4.79 Å². The second kappa shape index (κ2) is 14.0. The van der Waals surface area contributed by atoms with Gasteiger partial charge in [0.2, 0.25) is 5.79 Å².